The summed E-state index contributed by atoms with van der Waals surface area (Å²) in [6, 6.07) is 0. The van der Waals surface area contributed by atoms with E-state index >= 15 is 0 Å². The molecule has 0 saturated heterocycles. The Morgan fingerprint density at radius 1 is 1.42 bits per heavy atom. The maximum absolute atomic E-state index is 12.2. The molecule has 0 aliphatic carbocycles. The molecule has 1 aliphatic rings. The van der Waals surface area contributed by atoms with Gasteiger partial charge in [0.2, 0.25) is 0 Å². The third-order valence-corrected chi connectivity index (χ3v) is 3.35. The second-order valence-electron chi connectivity index (χ2n) is 5.20. The Labute approximate surface area is 116 Å². The molecule has 3 nitrogen and oxygen atoms in total. The standard InChI is InChI=1S/C16H26N2O/c1-4-5-10-15-13(2)12-18(16(15)19)11-8-6-7-9-14(3)17/h5,10H,3-4,6-9,11-12,17H2,1-2H3/b10-5-. The maximum Gasteiger partial charge on any atom is 0.254 e. The summed E-state index contributed by atoms with van der Waals surface area (Å²) in [5, 5.41) is 0. The van der Waals surface area contributed by atoms with E-state index in [0.717, 1.165) is 56.5 Å². The molecule has 106 valence electrons. The summed E-state index contributed by atoms with van der Waals surface area (Å²) in [5.41, 5.74) is 8.35. The van der Waals surface area contributed by atoms with Gasteiger partial charge in [-0.25, -0.2) is 0 Å². The zero-order valence-electron chi connectivity index (χ0n) is 12.2. The minimum atomic E-state index is 0.186. The second-order valence-corrected chi connectivity index (χ2v) is 5.20. The lowest BCUT2D eigenvalue weighted by Crippen LogP contribution is -2.28. The van der Waals surface area contributed by atoms with Gasteiger partial charge >= 0.3 is 0 Å². The van der Waals surface area contributed by atoms with Crippen LogP contribution in [-0.4, -0.2) is 23.9 Å². The Kier molecular flexibility index (Phi) is 6.40. The summed E-state index contributed by atoms with van der Waals surface area (Å²) in [6.45, 7) is 9.44. The molecular weight excluding hydrogens is 236 g/mol. The summed E-state index contributed by atoms with van der Waals surface area (Å²) >= 11 is 0. The molecule has 0 unspecified atom stereocenters. The molecule has 1 rings (SSSR count). The number of hydrogen-bond acceptors (Lipinski definition) is 2. The number of nitrogens with two attached hydrogens (primary N) is 1. The van der Waals surface area contributed by atoms with Crippen LogP contribution in [-0.2, 0) is 4.79 Å². The fourth-order valence-electron chi connectivity index (χ4n) is 2.26. The van der Waals surface area contributed by atoms with Crippen LogP contribution in [0.1, 0.15) is 46.0 Å². The molecule has 0 aromatic heterocycles. The maximum atomic E-state index is 12.2. The van der Waals surface area contributed by atoms with Crippen LogP contribution in [0.3, 0.4) is 0 Å². The van der Waals surface area contributed by atoms with E-state index in [4.69, 9.17) is 5.73 Å². The number of carbonyl (C=O) groups excluding carboxylic acids is 1. The molecule has 0 atom stereocenters. The lowest BCUT2D eigenvalue weighted by Gasteiger charge is -2.16. The lowest BCUT2D eigenvalue weighted by atomic mass is 10.1. The van der Waals surface area contributed by atoms with Crippen LogP contribution in [0.5, 0.6) is 0 Å². The molecule has 19 heavy (non-hydrogen) atoms. The van der Waals surface area contributed by atoms with Gasteiger partial charge in [-0.1, -0.05) is 32.1 Å². The van der Waals surface area contributed by atoms with Gasteiger partial charge in [0.1, 0.15) is 0 Å². The fourth-order valence-corrected chi connectivity index (χ4v) is 2.26. The van der Waals surface area contributed by atoms with Crippen molar-refractivity contribution in [2.24, 2.45) is 5.73 Å². The summed E-state index contributed by atoms with van der Waals surface area (Å²) in [7, 11) is 0. The molecule has 0 radical (unpaired) electrons. The highest BCUT2D eigenvalue weighted by molar-refractivity contribution is 5.99. The molecule has 1 heterocycles. The van der Waals surface area contributed by atoms with E-state index in [1.807, 2.05) is 24.0 Å². The Morgan fingerprint density at radius 3 is 2.79 bits per heavy atom. The molecule has 1 aliphatic heterocycles. The Hall–Kier alpha value is -1.51. The van der Waals surface area contributed by atoms with Gasteiger partial charge in [0.25, 0.3) is 5.91 Å². The number of carbonyl (C=O) groups is 1. The smallest absolute Gasteiger partial charge is 0.254 e. The zero-order chi connectivity index (χ0) is 14.3. The Morgan fingerprint density at radius 2 is 2.16 bits per heavy atom. The molecule has 0 saturated carbocycles. The summed E-state index contributed by atoms with van der Waals surface area (Å²) < 4.78 is 0. The van der Waals surface area contributed by atoms with Gasteiger partial charge < -0.3 is 10.6 Å². The highest BCUT2D eigenvalue weighted by Crippen LogP contribution is 2.20. The quantitative estimate of drug-likeness (QED) is 0.683. The highest BCUT2D eigenvalue weighted by Gasteiger charge is 2.25. The zero-order valence-corrected chi connectivity index (χ0v) is 12.2. The van der Waals surface area contributed by atoms with Gasteiger partial charge in [-0.2, -0.15) is 0 Å². The highest BCUT2D eigenvalue weighted by atomic mass is 16.2. The van der Waals surface area contributed by atoms with E-state index < -0.39 is 0 Å². The first kappa shape index (κ1) is 15.5. The van der Waals surface area contributed by atoms with Crippen molar-refractivity contribution < 1.29 is 4.79 Å². The van der Waals surface area contributed by atoms with E-state index in [-0.39, 0.29) is 5.91 Å². The van der Waals surface area contributed by atoms with Crippen LogP contribution in [0.25, 0.3) is 0 Å². The van der Waals surface area contributed by atoms with Crippen molar-refractivity contribution >= 4 is 5.91 Å². The second kappa shape index (κ2) is 7.82. The van der Waals surface area contributed by atoms with E-state index in [9.17, 15) is 4.79 Å². The third kappa shape index (κ3) is 4.93. The molecule has 0 bridgehead atoms. The van der Waals surface area contributed by atoms with Crippen molar-refractivity contribution in [3.8, 4) is 0 Å². The van der Waals surface area contributed by atoms with Crippen LogP contribution in [0.15, 0.2) is 35.6 Å². The van der Waals surface area contributed by atoms with Crippen molar-refractivity contribution in [3.05, 3.63) is 35.6 Å². The number of nitrogens with zero attached hydrogens (tertiary/aromatic N) is 1. The van der Waals surface area contributed by atoms with Crippen LogP contribution < -0.4 is 5.73 Å². The topological polar surface area (TPSA) is 46.3 Å². The average Bonchev–Trinajstić information content (AvgIpc) is 2.62. The molecule has 0 aromatic rings. The molecule has 0 aromatic carbocycles. The van der Waals surface area contributed by atoms with Crippen molar-refractivity contribution in [3.63, 3.8) is 0 Å². The van der Waals surface area contributed by atoms with Crippen LogP contribution in [0.2, 0.25) is 0 Å². The molecule has 3 heteroatoms. The fraction of sp³-hybridized carbons (Fsp3) is 0.562. The summed E-state index contributed by atoms with van der Waals surface area (Å²) in [5.74, 6) is 0.186. The van der Waals surface area contributed by atoms with Gasteiger partial charge in [-0.05, 0) is 38.2 Å². The first-order valence-corrected chi connectivity index (χ1v) is 7.15. The largest absolute Gasteiger partial charge is 0.403 e. The first-order valence-electron chi connectivity index (χ1n) is 7.15. The van der Waals surface area contributed by atoms with Crippen molar-refractivity contribution in [1.29, 1.82) is 0 Å². The van der Waals surface area contributed by atoms with E-state index in [2.05, 4.69) is 13.5 Å². The van der Waals surface area contributed by atoms with Gasteiger partial charge in [0.05, 0.1) is 0 Å². The van der Waals surface area contributed by atoms with Crippen molar-refractivity contribution in [1.82, 2.24) is 4.90 Å². The molecule has 0 spiro atoms. The summed E-state index contributed by atoms with van der Waals surface area (Å²) in [6.07, 6.45) is 9.06. The predicted molar refractivity (Wildman–Crippen MR) is 80.5 cm³/mol. The van der Waals surface area contributed by atoms with Crippen LogP contribution in [0, 0.1) is 0 Å². The van der Waals surface area contributed by atoms with Gasteiger partial charge in [0.15, 0.2) is 0 Å². The van der Waals surface area contributed by atoms with E-state index in [1.165, 1.54) is 5.57 Å². The SMILES string of the molecule is C=C(N)CCCCCN1CC(C)=C(/C=C\CC)C1=O. The number of amides is 1. The number of unbranched alkanes of at least 4 members (excludes halogenated alkanes) is 2. The van der Waals surface area contributed by atoms with Gasteiger partial charge in [-0.3, -0.25) is 4.79 Å². The van der Waals surface area contributed by atoms with Crippen molar-refractivity contribution in [2.45, 2.75) is 46.0 Å². The predicted octanol–water partition coefficient (Wildman–Crippen LogP) is 3.14. The molecule has 2 N–H and O–H groups in total. The lowest BCUT2D eigenvalue weighted by molar-refractivity contribution is -0.125. The molecule has 0 fully saturated rings. The molecular formula is C16H26N2O. The number of allylic oxidation sites excluding steroid dienone is 2. The first-order chi connectivity index (χ1) is 9.06. The van der Waals surface area contributed by atoms with Crippen LogP contribution in [0.4, 0.5) is 0 Å². The average molecular weight is 262 g/mol. The van der Waals surface area contributed by atoms with Crippen LogP contribution >= 0.6 is 0 Å². The van der Waals surface area contributed by atoms with Crippen molar-refractivity contribution in [2.75, 3.05) is 13.1 Å². The Balaban J connectivity index is 2.33. The van der Waals surface area contributed by atoms with E-state index in [0.29, 0.717) is 0 Å². The summed E-state index contributed by atoms with van der Waals surface area (Å²) in [4.78, 5) is 14.1. The number of rotatable bonds is 8. The monoisotopic (exact) mass is 262 g/mol. The van der Waals surface area contributed by atoms with E-state index in [1.54, 1.807) is 0 Å². The van der Waals surface area contributed by atoms with Gasteiger partial charge in [-0.15, -0.1) is 0 Å². The Bertz CT molecular complexity index is 394. The minimum Gasteiger partial charge on any atom is -0.403 e. The minimum absolute atomic E-state index is 0.186. The molecule has 1 amide bonds. The normalized spacial score (nSPS) is 15.9. The van der Waals surface area contributed by atoms with Gasteiger partial charge in [0, 0.05) is 24.4 Å². The number of hydrogen-bond donors (Lipinski definition) is 1. The third-order valence-electron chi connectivity index (χ3n) is 3.35.